The first-order valence-corrected chi connectivity index (χ1v) is 5.95. The summed E-state index contributed by atoms with van der Waals surface area (Å²) >= 11 is 3.52. The molecule has 0 bridgehead atoms. The van der Waals surface area contributed by atoms with E-state index in [1.807, 2.05) is 12.1 Å². The van der Waals surface area contributed by atoms with Crippen LogP contribution in [0.15, 0.2) is 28.7 Å². The molecule has 0 spiro atoms. The Balaban J connectivity index is 1.95. The summed E-state index contributed by atoms with van der Waals surface area (Å²) in [5, 5.41) is 9.95. The topological polar surface area (TPSA) is 20.2 Å². The summed E-state index contributed by atoms with van der Waals surface area (Å²) in [5.74, 6) is 0. The third-order valence-corrected chi connectivity index (χ3v) is 3.88. The first kappa shape index (κ1) is 10.2. The second-order valence-electron chi connectivity index (χ2n) is 4.17. The highest BCUT2D eigenvalue weighted by molar-refractivity contribution is 9.10. The van der Waals surface area contributed by atoms with Gasteiger partial charge >= 0.3 is 0 Å². The van der Waals surface area contributed by atoms with Crippen molar-refractivity contribution in [3.8, 4) is 0 Å². The van der Waals surface area contributed by atoms with Gasteiger partial charge in [-0.05, 0) is 43.7 Å². The molecule has 1 N–H and O–H groups in total. The van der Waals surface area contributed by atoms with E-state index < -0.39 is 0 Å². The molecular formula is C12H15BrO. The SMILES string of the molecule is OC1(CCc2ccccc2Br)CCC1. The fourth-order valence-electron chi connectivity index (χ4n) is 1.90. The molecule has 1 nitrogen and oxygen atoms in total. The summed E-state index contributed by atoms with van der Waals surface area (Å²) < 4.78 is 1.16. The van der Waals surface area contributed by atoms with Gasteiger partial charge in [-0.3, -0.25) is 0 Å². The van der Waals surface area contributed by atoms with Crippen LogP contribution in [0.5, 0.6) is 0 Å². The Labute approximate surface area is 93.3 Å². The second-order valence-corrected chi connectivity index (χ2v) is 5.02. The highest BCUT2D eigenvalue weighted by atomic mass is 79.9. The molecule has 0 unspecified atom stereocenters. The van der Waals surface area contributed by atoms with Crippen LogP contribution in [0.2, 0.25) is 0 Å². The molecule has 0 amide bonds. The third kappa shape index (κ3) is 2.18. The van der Waals surface area contributed by atoms with Gasteiger partial charge in [0.2, 0.25) is 0 Å². The standard InChI is InChI=1S/C12H15BrO/c13-11-5-2-1-4-10(11)6-9-12(14)7-3-8-12/h1-2,4-5,14H,3,6-9H2. The Kier molecular flexibility index (Phi) is 2.93. The number of hydrogen-bond donors (Lipinski definition) is 1. The number of aryl methyl sites for hydroxylation is 1. The predicted molar refractivity (Wildman–Crippen MR) is 61.3 cm³/mol. The molecule has 0 atom stereocenters. The van der Waals surface area contributed by atoms with E-state index in [4.69, 9.17) is 0 Å². The van der Waals surface area contributed by atoms with E-state index >= 15 is 0 Å². The first-order chi connectivity index (χ1) is 6.70. The summed E-state index contributed by atoms with van der Waals surface area (Å²) in [6.45, 7) is 0. The Bertz CT molecular complexity index is 318. The van der Waals surface area contributed by atoms with E-state index in [0.717, 1.165) is 30.2 Å². The second kappa shape index (κ2) is 4.03. The molecule has 0 heterocycles. The van der Waals surface area contributed by atoms with Gasteiger partial charge in [0.15, 0.2) is 0 Å². The Hall–Kier alpha value is -0.340. The summed E-state index contributed by atoms with van der Waals surface area (Å²) in [7, 11) is 0. The molecule has 1 aliphatic carbocycles. The van der Waals surface area contributed by atoms with Gasteiger partial charge in [-0.15, -0.1) is 0 Å². The van der Waals surface area contributed by atoms with E-state index in [2.05, 4.69) is 28.1 Å². The van der Waals surface area contributed by atoms with Crippen molar-refractivity contribution in [2.24, 2.45) is 0 Å². The van der Waals surface area contributed by atoms with Crippen molar-refractivity contribution in [3.05, 3.63) is 34.3 Å². The molecule has 2 rings (SSSR count). The highest BCUT2D eigenvalue weighted by Crippen LogP contribution is 2.36. The van der Waals surface area contributed by atoms with Crippen molar-refractivity contribution in [1.82, 2.24) is 0 Å². The van der Waals surface area contributed by atoms with Crippen LogP contribution in [0, 0.1) is 0 Å². The minimum Gasteiger partial charge on any atom is -0.390 e. The van der Waals surface area contributed by atoms with Crippen molar-refractivity contribution in [3.63, 3.8) is 0 Å². The zero-order valence-corrected chi connectivity index (χ0v) is 9.76. The van der Waals surface area contributed by atoms with E-state index in [0.29, 0.717) is 0 Å². The molecule has 0 aromatic heterocycles. The number of aliphatic hydroxyl groups is 1. The van der Waals surface area contributed by atoms with Crippen molar-refractivity contribution >= 4 is 15.9 Å². The molecule has 1 aliphatic rings. The van der Waals surface area contributed by atoms with Crippen LogP contribution >= 0.6 is 15.9 Å². The van der Waals surface area contributed by atoms with Crippen LogP contribution in [0.3, 0.4) is 0 Å². The quantitative estimate of drug-likeness (QED) is 0.878. The molecule has 1 aromatic rings. The fraction of sp³-hybridized carbons (Fsp3) is 0.500. The smallest absolute Gasteiger partial charge is 0.0651 e. The molecule has 2 heteroatoms. The lowest BCUT2D eigenvalue weighted by Crippen LogP contribution is -2.37. The van der Waals surface area contributed by atoms with Crippen molar-refractivity contribution in [2.75, 3.05) is 0 Å². The molecular weight excluding hydrogens is 240 g/mol. The average molecular weight is 255 g/mol. The third-order valence-electron chi connectivity index (χ3n) is 3.10. The van der Waals surface area contributed by atoms with Crippen LogP contribution < -0.4 is 0 Å². The van der Waals surface area contributed by atoms with Gasteiger partial charge in [-0.25, -0.2) is 0 Å². The van der Waals surface area contributed by atoms with Gasteiger partial charge in [0.05, 0.1) is 5.60 Å². The lowest BCUT2D eigenvalue weighted by molar-refractivity contribution is -0.0398. The minimum absolute atomic E-state index is 0.352. The van der Waals surface area contributed by atoms with Gasteiger partial charge in [0.1, 0.15) is 0 Å². The Morgan fingerprint density at radius 2 is 2.00 bits per heavy atom. The zero-order chi connectivity index (χ0) is 10.0. The lowest BCUT2D eigenvalue weighted by atomic mass is 9.76. The molecule has 0 radical (unpaired) electrons. The summed E-state index contributed by atoms with van der Waals surface area (Å²) in [4.78, 5) is 0. The summed E-state index contributed by atoms with van der Waals surface area (Å²) in [6.07, 6.45) is 5.02. The van der Waals surface area contributed by atoms with E-state index in [1.165, 1.54) is 12.0 Å². The highest BCUT2D eigenvalue weighted by Gasteiger charge is 2.33. The van der Waals surface area contributed by atoms with Crippen LogP contribution in [0.4, 0.5) is 0 Å². The fourth-order valence-corrected chi connectivity index (χ4v) is 2.39. The van der Waals surface area contributed by atoms with E-state index in [1.54, 1.807) is 0 Å². The lowest BCUT2D eigenvalue weighted by Gasteiger charge is -2.36. The Morgan fingerprint density at radius 1 is 1.29 bits per heavy atom. The van der Waals surface area contributed by atoms with Gasteiger partial charge in [-0.1, -0.05) is 34.1 Å². The normalized spacial score (nSPS) is 19.0. The van der Waals surface area contributed by atoms with Gasteiger partial charge in [0.25, 0.3) is 0 Å². The van der Waals surface area contributed by atoms with Gasteiger partial charge < -0.3 is 5.11 Å². The molecule has 1 fully saturated rings. The van der Waals surface area contributed by atoms with E-state index in [9.17, 15) is 5.11 Å². The predicted octanol–water partition coefficient (Wildman–Crippen LogP) is 3.30. The van der Waals surface area contributed by atoms with Crippen LogP contribution in [-0.2, 0) is 6.42 Å². The van der Waals surface area contributed by atoms with Crippen molar-refractivity contribution < 1.29 is 5.11 Å². The maximum Gasteiger partial charge on any atom is 0.0651 e. The van der Waals surface area contributed by atoms with Crippen LogP contribution in [0.25, 0.3) is 0 Å². The average Bonchev–Trinajstić information content (AvgIpc) is 2.14. The minimum atomic E-state index is -0.352. The van der Waals surface area contributed by atoms with E-state index in [-0.39, 0.29) is 5.60 Å². The number of hydrogen-bond acceptors (Lipinski definition) is 1. The van der Waals surface area contributed by atoms with Crippen molar-refractivity contribution in [2.45, 2.75) is 37.7 Å². The largest absolute Gasteiger partial charge is 0.390 e. The molecule has 1 aromatic carbocycles. The van der Waals surface area contributed by atoms with Crippen LogP contribution in [0.1, 0.15) is 31.2 Å². The molecule has 76 valence electrons. The maximum atomic E-state index is 9.95. The van der Waals surface area contributed by atoms with Gasteiger partial charge in [-0.2, -0.15) is 0 Å². The first-order valence-electron chi connectivity index (χ1n) is 5.15. The summed E-state index contributed by atoms with van der Waals surface area (Å²) in [5.41, 5.74) is 0.947. The molecule has 14 heavy (non-hydrogen) atoms. The summed E-state index contributed by atoms with van der Waals surface area (Å²) in [6, 6.07) is 8.24. The van der Waals surface area contributed by atoms with Crippen LogP contribution in [-0.4, -0.2) is 10.7 Å². The number of rotatable bonds is 3. The number of benzene rings is 1. The van der Waals surface area contributed by atoms with Gasteiger partial charge in [0, 0.05) is 4.47 Å². The Morgan fingerprint density at radius 3 is 2.57 bits per heavy atom. The monoisotopic (exact) mass is 254 g/mol. The maximum absolute atomic E-state index is 9.95. The molecule has 0 saturated heterocycles. The number of halogens is 1. The molecule has 1 saturated carbocycles. The van der Waals surface area contributed by atoms with Crippen molar-refractivity contribution in [1.29, 1.82) is 0 Å². The molecule has 0 aliphatic heterocycles. The zero-order valence-electron chi connectivity index (χ0n) is 8.17.